The lowest BCUT2D eigenvalue weighted by molar-refractivity contribution is 0.0386. The second kappa shape index (κ2) is 9.63. The molecule has 2 aromatic rings. The lowest BCUT2D eigenvalue weighted by Gasteiger charge is -2.22. The Bertz CT molecular complexity index is 645. The summed E-state index contributed by atoms with van der Waals surface area (Å²) >= 11 is 0. The fraction of sp³-hybridized carbons (Fsp3) is 0.353. The number of halogens is 2. The smallest absolute Gasteiger partial charge is 0.191 e. The van der Waals surface area contributed by atoms with Gasteiger partial charge in [0.2, 0.25) is 0 Å². The zero-order valence-electron chi connectivity index (χ0n) is 13.8. The van der Waals surface area contributed by atoms with E-state index in [1.54, 1.807) is 25.1 Å². The summed E-state index contributed by atoms with van der Waals surface area (Å²) in [5.41, 5.74) is -0.376. The molecular formula is C17H23FIN3O2. The van der Waals surface area contributed by atoms with Crippen molar-refractivity contribution in [2.75, 3.05) is 13.1 Å². The van der Waals surface area contributed by atoms with Crippen LogP contribution in [-0.2, 0) is 12.1 Å². The van der Waals surface area contributed by atoms with Gasteiger partial charge in [-0.25, -0.2) is 9.38 Å². The van der Waals surface area contributed by atoms with Crippen LogP contribution in [0.3, 0.4) is 0 Å². The molecule has 0 saturated heterocycles. The molecular weight excluding hydrogens is 424 g/mol. The highest BCUT2D eigenvalue weighted by Gasteiger charge is 2.26. The van der Waals surface area contributed by atoms with Crippen LogP contribution in [0.1, 0.15) is 25.2 Å². The van der Waals surface area contributed by atoms with E-state index in [0.29, 0.717) is 24.8 Å². The van der Waals surface area contributed by atoms with Crippen LogP contribution in [0.25, 0.3) is 0 Å². The summed E-state index contributed by atoms with van der Waals surface area (Å²) in [5, 5.41) is 16.6. The number of benzene rings is 1. The SMILES string of the molecule is CCNC(=NCc1cccc(F)c1)NCC(C)(O)c1ccco1.I. The van der Waals surface area contributed by atoms with Crippen molar-refractivity contribution in [3.05, 3.63) is 59.8 Å². The number of aliphatic imine (C=N–C) groups is 1. The first-order valence-electron chi connectivity index (χ1n) is 7.54. The summed E-state index contributed by atoms with van der Waals surface area (Å²) in [5.74, 6) is 0.742. The fourth-order valence-electron chi connectivity index (χ4n) is 2.08. The van der Waals surface area contributed by atoms with Crippen molar-refractivity contribution in [3.8, 4) is 0 Å². The van der Waals surface area contributed by atoms with Crippen LogP contribution in [0.2, 0.25) is 0 Å². The molecule has 0 bridgehead atoms. The van der Waals surface area contributed by atoms with Gasteiger partial charge in [0, 0.05) is 6.54 Å². The van der Waals surface area contributed by atoms with Crippen LogP contribution >= 0.6 is 24.0 Å². The molecule has 0 saturated carbocycles. The van der Waals surface area contributed by atoms with E-state index < -0.39 is 5.60 Å². The van der Waals surface area contributed by atoms with E-state index in [1.807, 2.05) is 13.0 Å². The number of guanidine groups is 1. The average molecular weight is 447 g/mol. The van der Waals surface area contributed by atoms with Crippen LogP contribution in [0.5, 0.6) is 0 Å². The fourth-order valence-corrected chi connectivity index (χ4v) is 2.08. The Balaban J connectivity index is 0.00000288. The lowest BCUT2D eigenvalue weighted by Crippen LogP contribution is -2.44. The number of rotatable bonds is 6. The molecule has 1 atom stereocenters. The quantitative estimate of drug-likeness (QED) is 0.362. The molecule has 7 heteroatoms. The van der Waals surface area contributed by atoms with Crippen LogP contribution in [-0.4, -0.2) is 24.2 Å². The molecule has 1 aromatic heterocycles. The number of furan rings is 1. The number of nitrogens with one attached hydrogen (secondary N) is 2. The van der Waals surface area contributed by atoms with Crippen LogP contribution in [0.15, 0.2) is 52.1 Å². The Kier molecular flexibility index (Phi) is 8.20. The van der Waals surface area contributed by atoms with Crippen molar-refractivity contribution in [1.82, 2.24) is 10.6 Å². The number of hydrogen-bond donors (Lipinski definition) is 3. The third kappa shape index (κ3) is 6.12. The van der Waals surface area contributed by atoms with Gasteiger partial charge in [-0.15, -0.1) is 24.0 Å². The van der Waals surface area contributed by atoms with Crippen LogP contribution in [0.4, 0.5) is 4.39 Å². The molecule has 1 heterocycles. The number of aliphatic hydroxyl groups is 1. The van der Waals surface area contributed by atoms with Gasteiger partial charge in [-0.2, -0.15) is 0 Å². The summed E-state index contributed by atoms with van der Waals surface area (Å²) in [7, 11) is 0. The van der Waals surface area contributed by atoms with Gasteiger partial charge >= 0.3 is 0 Å². The Morgan fingerprint density at radius 1 is 1.29 bits per heavy atom. The molecule has 0 aliphatic heterocycles. The highest BCUT2D eigenvalue weighted by molar-refractivity contribution is 14.0. The molecule has 0 radical (unpaired) electrons. The van der Waals surface area contributed by atoms with Crippen molar-refractivity contribution < 1.29 is 13.9 Å². The molecule has 0 amide bonds. The molecule has 2 rings (SSSR count). The van der Waals surface area contributed by atoms with Gasteiger partial charge in [0.25, 0.3) is 0 Å². The van der Waals surface area contributed by atoms with E-state index in [9.17, 15) is 9.50 Å². The van der Waals surface area contributed by atoms with E-state index in [2.05, 4.69) is 15.6 Å². The first kappa shape index (κ1) is 20.4. The highest BCUT2D eigenvalue weighted by atomic mass is 127. The van der Waals surface area contributed by atoms with Gasteiger partial charge in [-0.05, 0) is 43.7 Å². The Hall–Kier alpha value is -1.61. The summed E-state index contributed by atoms with van der Waals surface area (Å²) in [4.78, 5) is 4.40. The van der Waals surface area contributed by atoms with Gasteiger partial charge in [-0.3, -0.25) is 0 Å². The first-order valence-corrected chi connectivity index (χ1v) is 7.54. The Morgan fingerprint density at radius 2 is 2.08 bits per heavy atom. The second-order valence-electron chi connectivity index (χ2n) is 5.43. The molecule has 5 nitrogen and oxygen atoms in total. The van der Waals surface area contributed by atoms with Crippen molar-refractivity contribution in [2.45, 2.75) is 26.0 Å². The minimum atomic E-state index is -1.15. The molecule has 1 aromatic carbocycles. The minimum absolute atomic E-state index is 0. The average Bonchev–Trinajstić information content (AvgIpc) is 3.05. The number of hydrogen-bond acceptors (Lipinski definition) is 3. The van der Waals surface area contributed by atoms with Gasteiger partial charge in [0.05, 0.1) is 19.4 Å². The van der Waals surface area contributed by atoms with Crippen LogP contribution < -0.4 is 10.6 Å². The molecule has 0 fully saturated rings. The van der Waals surface area contributed by atoms with E-state index in [-0.39, 0.29) is 36.3 Å². The maximum atomic E-state index is 13.2. The predicted molar refractivity (Wildman–Crippen MR) is 103 cm³/mol. The molecule has 0 spiro atoms. The summed E-state index contributed by atoms with van der Waals surface area (Å²) in [6.45, 7) is 4.86. The first-order chi connectivity index (χ1) is 11.0. The Labute approximate surface area is 158 Å². The minimum Gasteiger partial charge on any atom is -0.466 e. The predicted octanol–water partition coefficient (Wildman–Crippen LogP) is 3.00. The third-order valence-electron chi connectivity index (χ3n) is 3.31. The van der Waals surface area contributed by atoms with E-state index in [4.69, 9.17) is 4.42 Å². The summed E-state index contributed by atoms with van der Waals surface area (Å²) in [6.07, 6.45) is 1.52. The van der Waals surface area contributed by atoms with E-state index in [1.165, 1.54) is 18.4 Å². The monoisotopic (exact) mass is 447 g/mol. The molecule has 0 aliphatic carbocycles. The molecule has 132 valence electrons. The number of nitrogens with zero attached hydrogens (tertiary/aromatic N) is 1. The zero-order valence-corrected chi connectivity index (χ0v) is 16.1. The Morgan fingerprint density at radius 3 is 2.71 bits per heavy atom. The standard InChI is InChI=1S/C17H22FN3O2.HI/c1-3-19-16(20-11-13-6-4-7-14(18)10-13)21-12-17(2,22)15-8-5-9-23-15;/h4-10,22H,3,11-12H2,1-2H3,(H2,19,20,21);1H. The maximum Gasteiger partial charge on any atom is 0.191 e. The zero-order chi connectivity index (χ0) is 16.7. The van der Waals surface area contributed by atoms with Crippen molar-refractivity contribution >= 4 is 29.9 Å². The largest absolute Gasteiger partial charge is 0.466 e. The second-order valence-corrected chi connectivity index (χ2v) is 5.43. The molecule has 0 aliphatic rings. The van der Waals surface area contributed by atoms with Crippen molar-refractivity contribution in [3.63, 3.8) is 0 Å². The summed E-state index contributed by atoms with van der Waals surface area (Å²) < 4.78 is 18.4. The van der Waals surface area contributed by atoms with Gasteiger partial charge in [0.15, 0.2) is 5.96 Å². The lowest BCUT2D eigenvalue weighted by atomic mass is 10.0. The van der Waals surface area contributed by atoms with E-state index >= 15 is 0 Å². The van der Waals surface area contributed by atoms with E-state index in [0.717, 1.165) is 5.56 Å². The van der Waals surface area contributed by atoms with Crippen molar-refractivity contribution in [1.29, 1.82) is 0 Å². The topological polar surface area (TPSA) is 69.8 Å². The summed E-state index contributed by atoms with van der Waals surface area (Å²) in [6, 6.07) is 9.77. The van der Waals surface area contributed by atoms with Gasteiger partial charge in [-0.1, -0.05) is 12.1 Å². The highest BCUT2D eigenvalue weighted by Crippen LogP contribution is 2.19. The van der Waals surface area contributed by atoms with Gasteiger partial charge < -0.3 is 20.2 Å². The van der Waals surface area contributed by atoms with Crippen LogP contribution in [0, 0.1) is 5.82 Å². The normalized spacial score (nSPS) is 13.8. The maximum absolute atomic E-state index is 13.2. The van der Waals surface area contributed by atoms with Gasteiger partial charge in [0.1, 0.15) is 17.2 Å². The van der Waals surface area contributed by atoms with Crippen molar-refractivity contribution in [2.24, 2.45) is 4.99 Å². The third-order valence-corrected chi connectivity index (χ3v) is 3.31. The molecule has 3 N–H and O–H groups in total. The molecule has 24 heavy (non-hydrogen) atoms. The molecule has 1 unspecified atom stereocenters.